The monoisotopic (exact) mass is 545 g/mol. The Balaban J connectivity index is 1.46. The second kappa shape index (κ2) is 11.7. The Morgan fingerprint density at radius 3 is 2.40 bits per heavy atom. The molecule has 2 saturated heterocycles. The summed E-state index contributed by atoms with van der Waals surface area (Å²) in [7, 11) is 0. The molecule has 10 heteroatoms. The molecule has 0 bridgehead atoms. The van der Waals surface area contributed by atoms with Crippen LogP contribution in [0.15, 0.2) is 91.5 Å². The number of nitrogens with zero attached hydrogens (tertiary/aromatic N) is 4. The molecule has 8 nitrogen and oxygen atoms in total. The van der Waals surface area contributed by atoms with Crippen LogP contribution in [0.1, 0.15) is 22.7 Å². The van der Waals surface area contributed by atoms with Crippen molar-refractivity contribution in [2.75, 3.05) is 19.6 Å². The first-order valence-corrected chi connectivity index (χ1v) is 12.9. The number of benzene rings is 3. The van der Waals surface area contributed by atoms with Crippen molar-refractivity contribution in [3.8, 4) is 0 Å². The zero-order valence-corrected chi connectivity index (χ0v) is 21.7. The third-order valence-electron chi connectivity index (χ3n) is 7.08. The van der Waals surface area contributed by atoms with Gasteiger partial charge in [-0.3, -0.25) is 14.6 Å². The average Bonchev–Trinajstić information content (AvgIpc) is 3.28. The van der Waals surface area contributed by atoms with Crippen molar-refractivity contribution in [3.05, 3.63) is 120 Å². The van der Waals surface area contributed by atoms with Crippen molar-refractivity contribution >= 4 is 17.8 Å². The Morgan fingerprint density at radius 2 is 1.73 bits per heavy atom. The van der Waals surface area contributed by atoms with Gasteiger partial charge in [-0.2, -0.15) is 5.01 Å². The minimum atomic E-state index is -0.973. The van der Waals surface area contributed by atoms with Crippen LogP contribution in [-0.2, 0) is 22.7 Å². The Morgan fingerprint density at radius 1 is 1.02 bits per heavy atom. The number of hydrazine groups is 1. The normalized spacial score (nSPS) is 18.9. The number of carbonyl (C=O) groups excluding carboxylic acids is 3. The van der Waals surface area contributed by atoms with E-state index in [0.29, 0.717) is 5.56 Å². The van der Waals surface area contributed by atoms with Crippen LogP contribution in [0.4, 0.5) is 13.6 Å². The lowest BCUT2D eigenvalue weighted by molar-refractivity contribution is -0.158. The van der Waals surface area contributed by atoms with Crippen LogP contribution in [0.3, 0.4) is 0 Å². The minimum Gasteiger partial charge on any atom is -0.333 e. The molecule has 0 radical (unpaired) electrons. The van der Waals surface area contributed by atoms with Gasteiger partial charge in [-0.1, -0.05) is 72.8 Å². The van der Waals surface area contributed by atoms with Crippen molar-refractivity contribution in [3.63, 3.8) is 0 Å². The maximum absolute atomic E-state index is 14.6. The molecule has 2 aliphatic rings. The van der Waals surface area contributed by atoms with Gasteiger partial charge >= 0.3 is 6.03 Å². The zero-order chi connectivity index (χ0) is 28.2. The third-order valence-corrected chi connectivity index (χ3v) is 7.08. The van der Waals surface area contributed by atoms with Gasteiger partial charge in [0.25, 0.3) is 5.91 Å². The van der Waals surface area contributed by atoms with Crippen LogP contribution in [0.5, 0.6) is 0 Å². The second-order valence-corrected chi connectivity index (χ2v) is 9.66. The maximum atomic E-state index is 14.6. The molecule has 1 unspecified atom stereocenters. The van der Waals surface area contributed by atoms with Crippen LogP contribution in [0, 0.1) is 11.6 Å². The molecule has 40 heavy (non-hydrogen) atoms. The Bertz CT molecular complexity index is 1400. The van der Waals surface area contributed by atoms with E-state index in [1.807, 2.05) is 30.3 Å². The number of piperazine rings is 1. The molecule has 5 rings (SSSR count). The van der Waals surface area contributed by atoms with Crippen LogP contribution in [0.25, 0.3) is 0 Å². The Hall–Kier alpha value is -4.57. The fraction of sp³-hybridized carbons (Fsp3) is 0.233. The smallest absolute Gasteiger partial charge is 0.332 e. The van der Waals surface area contributed by atoms with Crippen LogP contribution >= 0.6 is 0 Å². The van der Waals surface area contributed by atoms with Gasteiger partial charge in [-0.25, -0.2) is 13.6 Å². The number of halogens is 2. The number of hydrogen-bond acceptors (Lipinski definition) is 4. The summed E-state index contributed by atoms with van der Waals surface area (Å²) in [6.45, 7) is 3.94. The molecule has 206 valence electrons. The van der Waals surface area contributed by atoms with Gasteiger partial charge in [-0.05, 0) is 17.2 Å². The molecule has 2 aliphatic heterocycles. The van der Waals surface area contributed by atoms with E-state index in [-0.39, 0.29) is 50.1 Å². The van der Waals surface area contributed by atoms with E-state index in [1.54, 1.807) is 41.4 Å². The molecule has 3 aromatic carbocycles. The van der Waals surface area contributed by atoms with Gasteiger partial charge in [-0.15, -0.1) is 6.58 Å². The van der Waals surface area contributed by atoms with Crippen molar-refractivity contribution in [2.24, 2.45) is 0 Å². The van der Waals surface area contributed by atoms with Crippen molar-refractivity contribution in [1.29, 1.82) is 0 Å². The number of hydrogen-bond donors (Lipinski definition) is 1. The molecule has 2 fully saturated rings. The molecule has 0 aromatic heterocycles. The lowest BCUT2D eigenvalue weighted by Crippen LogP contribution is -2.62. The molecule has 2 atom stereocenters. The van der Waals surface area contributed by atoms with Crippen molar-refractivity contribution < 1.29 is 23.2 Å². The third kappa shape index (κ3) is 5.43. The fourth-order valence-corrected chi connectivity index (χ4v) is 5.19. The summed E-state index contributed by atoms with van der Waals surface area (Å²) in [6, 6.07) is 20.1. The van der Waals surface area contributed by atoms with E-state index in [9.17, 15) is 23.2 Å². The van der Waals surface area contributed by atoms with E-state index in [2.05, 4.69) is 11.9 Å². The van der Waals surface area contributed by atoms with E-state index >= 15 is 0 Å². The number of nitrogens with one attached hydrogen (secondary N) is 1. The molecule has 0 saturated carbocycles. The predicted molar refractivity (Wildman–Crippen MR) is 144 cm³/mol. The maximum Gasteiger partial charge on any atom is 0.332 e. The van der Waals surface area contributed by atoms with Gasteiger partial charge in [0.1, 0.15) is 23.8 Å². The Labute approximate surface area is 231 Å². The minimum absolute atomic E-state index is 0.0182. The van der Waals surface area contributed by atoms with Crippen LogP contribution in [0.2, 0.25) is 0 Å². The molecule has 3 aromatic rings. The van der Waals surface area contributed by atoms with Crippen molar-refractivity contribution in [2.45, 2.75) is 25.3 Å². The van der Waals surface area contributed by atoms with Gasteiger partial charge in [0.05, 0.1) is 19.6 Å². The zero-order valence-electron chi connectivity index (χ0n) is 21.7. The Kier molecular flexibility index (Phi) is 7.88. The number of carbonyl (C=O) groups is 3. The van der Waals surface area contributed by atoms with Crippen LogP contribution in [-0.4, -0.2) is 63.5 Å². The summed E-state index contributed by atoms with van der Waals surface area (Å²) in [6.07, 6.45) is 0.852. The summed E-state index contributed by atoms with van der Waals surface area (Å²) in [4.78, 5) is 43.6. The summed E-state index contributed by atoms with van der Waals surface area (Å²) in [5, 5.41) is 5.92. The SMILES string of the molecule is C=CCN(C(=O)NCc1ccccc1)N1CC(=O)N2C(c3ccccc3)C(=O)N(Cc3ccc(F)cc3F)C[C@@H]21. The van der Waals surface area contributed by atoms with Gasteiger partial charge < -0.3 is 15.1 Å². The first-order chi connectivity index (χ1) is 19.4. The van der Waals surface area contributed by atoms with E-state index < -0.39 is 29.9 Å². The second-order valence-electron chi connectivity index (χ2n) is 9.66. The van der Waals surface area contributed by atoms with Gasteiger partial charge in [0.15, 0.2) is 0 Å². The highest BCUT2D eigenvalue weighted by Crippen LogP contribution is 2.36. The quantitative estimate of drug-likeness (QED) is 0.437. The first-order valence-electron chi connectivity index (χ1n) is 12.9. The summed E-state index contributed by atoms with van der Waals surface area (Å²) >= 11 is 0. The average molecular weight is 546 g/mol. The summed E-state index contributed by atoms with van der Waals surface area (Å²) in [5.74, 6) is -2.18. The number of amides is 4. The largest absolute Gasteiger partial charge is 0.333 e. The molecule has 2 heterocycles. The topological polar surface area (TPSA) is 76.2 Å². The number of fused-ring (bicyclic) bond motifs is 1. The molecule has 0 spiro atoms. The highest BCUT2D eigenvalue weighted by Gasteiger charge is 2.52. The lowest BCUT2D eigenvalue weighted by atomic mass is 10.00. The number of rotatable bonds is 8. The predicted octanol–water partition coefficient (Wildman–Crippen LogP) is 3.83. The molecule has 1 N–H and O–H groups in total. The highest BCUT2D eigenvalue weighted by molar-refractivity contribution is 5.92. The van der Waals surface area contributed by atoms with Gasteiger partial charge in [0, 0.05) is 24.7 Å². The highest BCUT2D eigenvalue weighted by atomic mass is 19.1. The van der Waals surface area contributed by atoms with E-state index in [0.717, 1.165) is 17.7 Å². The first kappa shape index (κ1) is 27.0. The number of urea groups is 1. The van der Waals surface area contributed by atoms with Crippen molar-refractivity contribution in [1.82, 2.24) is 25.1 Å². The summed E-state index contributed by atoms with van der Waals surface area (Å²) in [5.41, 5.74) is 1.66. The van der Waals surface area contributed by atoms with Crippen LogP contribution < -0.4 is 5.32 Å². The molecule has 0 aliphatic carbocycles. The molecular formula is C30H29F2N5O3. The standard InChI is InChI=1S/C30H29F2N5O3/c1-2-15-35(30(40)33-17-21-9-5-3-6-10-21)36-20-27(38)37-26(36)19-34(18-23-13-14-24(31)16-25(23)32)29(39)28(37)22-11-7-4-8-12-22/h2-14,16,26,28H,1,15,17-20H2,(H,33,40)/t26-,28?/m1/s1. The summed E-state index contributed by atoms with van der Waals surface area (Å²) < 4.78 is 28.1. The lowest BCUT2D eigenvalue weighted by Gasteiger charge is -2.46. The van der Waals surface area contributed by atoms with E-state index in [1.165, 1.54) is 20.9 Å². The fourth-order valence-electron chi connectivity index (χ4n) is 5.19. The van der Waals surface area contributed by atoms with E-state index in [4.69, 9.17) is 0 Å². The molecular weight excluding hydrogens is 516 g/mol. The molecule has 4 amide bonds. The van der Waals surface area contributed by atoms with Gasteiger partial charge in [0.2, 0.25) is 5.91 Å².